The average molecular weight is 371 g/mol. The Bertz CT molecular complexity index is 1010. The number of aromatic nitrogens is 4. The number of hydrogen-bond donors (Lipinski definition) is 2. The second kappa shape index (κ2) is 7.81. The first-order chi connectivity index (χ1) is 12.9. The molecule has 27 heavy (non-hydrogen) atoms. The Labute approximate surface area is 154 Å². The molecule has 2 aromatic heterocycles. The molecule has 3 aromatic rings. The van der Waals surface area contributed by atoms with E-state index in [4.69, 9.17) is 4.74 Å². The molecule has 1 amide bonds. The van der Waals surface area contributed by atoms with Gasteiger partial charge in [-0.25, -0.2) is 4.39 Å². The maximum Gasteiger partial charge on any atom is 0.248 e. The number of carbonyl (C=O) groups excluding carboxylic acids is 1. The van der Waals surface area contributed by atoms with E-state index < -0.39 is 0 Å². The number of methoxy groups -OCH3 is 1. The minimum atomic E-state index is -0.351. The molecule has 1 aromatic carbocycles. The predicted molar refractivity (Wildman–Crippen MR) is 96.2 cm³/mol. The first-order valence-corrected chi connectivity index (χ1v) is 8.15. The zero-order chi connectivity index (χ0) is 19.4. The standard InChI is InChI=1S/C18H18FN5O3/c1-11-7-14(25)15(27-2)9-24(11)10-17(26)21-18-20-16(22-23-18)8-12-3-5-13(19)6-4-12/h3-7,9H,8,10H2,1-2H3,(H2,20,21,22,23,26). The Morgan fingerprint density at radius 2 is 2.07 bits per heavy atom. The molecule has 0 saturated heterocycles. The van der Waals surface area contributed by atoms with Gasteiger partial charge < -0.3 is 9.30 Å². The maximum atomic E-state index is 12.9. The van der Waals surface area contributed by atoms with Crippen molar-refractivity contribution in [3.8, 4) is 5.75 Å². The highest BCUT2D eigenvalue weighted by atomic mass is 19.1. The molecule has 0 unspecified atom stereocenters. The summed E-state index contributed by atoms with van der Waals surface area (Å²) >= 11 is 0. The molecule has 140 valence electrons. The van der Waals surface area contributed by atoms with Gasteiger partial charge in [-0.05, 0) is 24.6 Å². The van der Waals surface area contributed by atoms with Crippen molar-refractivity contribution in [3.05, 3.63) is 69.7 Å². The number of benzene rings is 1. The number of amides is 1. The molecule has 8 nitrogen and oxygen atoms in total. The Morgan fingerprint density at radius 1 is 1.33 bits per heavy atom. The van der Waals surface area contributed by atoms with Gasteiger partial charge in [0.15, 0.2) is 5.75 Å². The molecule has 0 aliphatic rings. The van der Waals surface area contributed by atoms with E-state index in [1.54, 1.807) is 23.6 Å². The van der Waals surface area contributed by atoms with Crippen molar-refractivity contribution in [1.82, 2.24) is 19.7 Å². The number of hydrogen-bond acceptors (Lipinski definition) is 5. The fourth-order valence-electron chi connectivity index (χ4n) is 2.52. The summed E-state index contributed by atoms with van der Waals surface area (Å²) in [4.78, 5) is 28.1. The van der Waals surface area contributed by atoms with E-state index in [1.807, 2.05) is 0 Å². The number of nitrogens with one attached hydrogen (secondary N) is 2. The van der Waals surface area contributed by atoms with Crippen molar-refractivity contribution in [3.63, 3.8) is 0 Å². The Hall–Kier alpha value is -3.49. The van der Waals surface area contributed by atoms with Crippen LogP contribution in [0.3, 0.4) is 0 Å². The lowest BCUT2D eigenvalue weighted by molar-refractivity contribution is -0.116. The molecule has 0 radical (unpaired) electrons. The van der Waals surface area contributed by atoms with E-state index in [1.165, 1.54) is 31.5 Å². The topological polar surface area (TPSA) is 102 Å². The number of rotatable bonds is 6. The molecule has 0 aliphatic heterocycles. The van der Waals surface area contributed by atoms with Crippen LogP contribution in [0.4, 0.5) is 10.3 Å². The number of aromatic amines is 1. The summed E-state index contributed by atoms with van der Waals surface area (Å²) in [5, 5.41) is 9.29. The van der Waals surface area contributed by atoms with Gasteiger partial charge in [0.05, 0.1) is 13.3 Å². The van der Waals surface area contributed by atoms with Crippen LogP contribution in [0, 0.1) is 12.7 Å². The summed E-state index contributed by atoms with van der Waals surface area (Å²) in [6, 6.07) is 7.45. The third-order valence-electron chi connectivity index (χ3n) is 3.91. The normalized spacial score (nSPS) is 10.6. The molecule has 0 spiro atoms. The van der Waals surface area contributed by atoms with Gasteiger partial charge in [-0.1, -0.05) is 12.1 Å². The van der Waals surface area contributed by atoms with E-state index in [0.29, 0.717) is 17.9 Å². The highest BCUT2D eigenvalue weighted by molar-refractivity contribution is 5.88. The fraction of sp³-hybridized carbons (Fsp3) is 0.222. The monoisotopic (exact) mass is 371 g/mol. The van der Waals surface area contributed by atoms with Crippen LogP contribution in [0.15, 0.2) is 41.3 Å². The predicted octanol–water partition coefficient (Wildman–Crippen LogP) is 1.65. The summed E-state index contributed by atoms with van der Waals surface area (Å²) in [6.07, 6.45) is 1.91. The van der Waals surface area contributed by atoms with Crippen molar-refractivity contribution in [2.75, 3.05) is 12.4 Å². The number of halogens is 1. The van der Waals surface area contributed by atoms with Crippen LogP contribution in [-0.2, 0) is 17.8 Å². The second-order valence-electron chi connectivity index (χ2n) is 5.93. The van der Waals surface area contributed by atoms with E-state index in [2.05, 4.69) is 20.5 Å². The van der Waals surface area contributed by atoms with Gasteiger partial charge in [0.25, 0.3) is 0 Å². The summed E-state index contributed by atoms with van der Waals surface area (Å²) in [6.45, 7) is 1.70. The molecule has 2 N–H and O–H groups in total. The Kier molecular flexibility index (Phi) is 5.30. The van der Waals surface area contributed by atoms with Crippen molar-refractivity contribution in [2.45, 2.75) is 19.9 Å². The van der Waals surface area contributed by atoms with E-state index in [0.717, 1.165) is 5.56 Å². The van der Waals surface area contributed by atoms with Crippen molar-refractivity contribution in [1.29, 1.82) is 0 Å². The van der Waals surface area contributed by atoms with Gasteiger partial charge in [0.1, 0.15) is 18.2 Å². The van der Waals surface area contributed by atoms with Crippen molar-refractivity contribution in [2.24, 2.45) is 0 Å². The number of nitrogens with zero attached hydrogens (tertiary/aromatic N) is 3. The number of pyridine rings is 1. The van der Waals surface area contributed by atoms with Crippen LogP contribution < -0.4 is 15.5 Å². The molecule has 0 saturated carbocycles. The van der Waals surface area contributed by atoms with Crippen LogP contribution in [0.1, 0.15) is 17.1 Å². The molecule has 9 heteroatoms. The average Bonchev–Trinajstić information content (AvgIpc) is 3.06. The summed E-state index contributed by atoms with van der Waals surface area (Å²) < 4.78 is 19.5. The van der Waals surface area contributed by atoms with Crippen LogP contribution in [0.5, 0.6) is 5.75 Å². The molecule has 0 aliphatic carbocycles. The summed E-state index contributed by atoms with van der Waals surface area (Å²) in [5.74, 6) is 0.184. The Balaban J connectivity index is 1.64. The van der Waals surface area contributed by atoms with Crippen LogP contribution >= 0.6 is 0 Å². The fourth-order valence-corrected chi connectivity index (χ4v) is 2.52. The number of H-pyrrole nitrogens is 1. The van der Waals surface area contributed by atoms with Gasteiger partial charge in [-0.3, -0.25) is 20.0 Å². The minimum Gasteiger partial charge on any atom is -0.491 e. The van der Waals surface area contributed by atoms with E-state index in [-0.39, 0.29) is 35.4 Å². The number of carbonyl (C=O) groups is 1. The largest absolute Gasteiger partial charge is 0.491 e. The minimum absolute atomic E-state index is 0.0235. The highest BCUT2D eigenvalue weighted by Gasteiger charge is 2.11. The molecule has 0 fully saturated rings. The number of anilines is 1. The zero-order valence-electron chi connectivity index (χ0n) is 14.8. The molecular formula is C18H18FN5O3. The molecule has 3 rings (SSSR count). The molecule has 0 atom stereocenters. The lowest BCUT2D eigenvalue weighted by Gasteiger charge is -2.11. The third kappa shape index (κ3) is 4.57. The lowest BCUT2D eigenvalue weighted by Crippen LogP contribution is -2.22. The summed E-state index contributed by atoms with van der Waals surface area (Å²) in [5.41, 5.74) is 1.25. The molecular weight excluding hydrogens is 353 g/mol. The van der Waals surface area contributed by atoms with Gasteiger partial charge in [-0.2, -0.15) is 4.98 Å². The van der Waals surface area contributed by atoms with Gasteiger partial charge in [0.2, 0.25) is 17.3 Å². The van der Waals surface area contributed by atoms with E-state index in [9.17, 15) is 14.0 Å². The zero-order valence-corrected chi connectivity index (χ0v) is 14.8. The molecule has 2 heterocycles. The van der Waals surface area contributed by atoms with Gasteiger partial charge in [0, 0.05) is 18.2 Å². The van der Waals surface area contributed by atoms with Crippen LogP contribution in [0.2, 0.25) is 0 Å². The quantitative estimate of drug-likeness (QED) is 0.686. The SMILES string of the molecule is COc1cn(CC(=O)Nc2n[nH]c(Cc3ccc(F)cc3)n2)c(C)cc1=O. The number of ether oxygens (including phenoxy) is 1. The second-order valence-corrected chi connectivity index (χ2v) is 5.93. The third-order valence-corrected chi connectivity index (χ3v) is 3.91. The Morgan fingerprint density at radius 3 is 2.78 bits per heavy atom. The first-order valence-electron chi connectivity index (χ1n) is 8.15. The van der Waals surface area contributed by atoms with E-state index >= 15 is 0 Å². The van der Waals surface area contributed by atoms with Crippen LogP contribution in [-0.4, -0.2) is 32.8 Å². The van der Waals surface area contributed by atoms with Gasteiger partial charge >= 0.3 is 0 Å². The van der Waals surface area contributed by atoms with Gasteiger partial charge in [-0.15, -0.1) is 5.10 Å². The first kappa shape index (κ1) is 18.3. The highest BCUT2D eigenvalue weighted by Crippen LogP contribution is 2.09. The number of aryl methyl sites for hydroxylation is 1. The summed E-state index contributed by atoms with van der Waals surface area (Å²) in [7, 11) is 1.40. The van der Waals surface area contributed by atoms with Crippen LogP contribution in [0.25, 0.3) is 0 Å². The molecule has 0 bridgehead atoms. The van der Waals surface area contributed by atoms with Crippen molar-refractivity contribution < 1.29 is 13.9 Å². The smallest absolute Gasteiger partial charge is 0.248 e. The lowest BCUT2D eigenvalue weighted by atomic mass is 10.1. The van der Waals surface area contributed by atoms with Crippen molar-refractivity contribution >= 4 is 11.9 Å². The maximum absolute atomic E-state index is 12.9.